The average molecular weight is 603 g/mol. The van der Waals surface area contributed by atoms with Gasteiger partial charge in [0, 0.05) is 18.8 Å². The standard InChI is InChI=1S/C33H38N4O7/c1-22-18-23(2)26(24(3)19-22)15-16-34-29(38)20-37-17-9-13-28(32(37)42)35-31(41)27(12-7-8-14-30(39)40)36-33(43)44-21-25-10-5-4-6-11-25/h4-6,8-11,13-14,17-19,27H,7,12,15-16,20-21H2,1-3H3,(H,34,38)(H,35,41)(H,36,43)(H,39,40)/b14-8+. The maximum absolute atomic E-state index is 13.1. The normalized spacial score (nSPS) is 11.5. The van der Waals surface area contributed by atoms with Gasteiger partial charge in [-0.3, -0.25) is 14.4 Å². The van der Waals surface area contributed by atoms with Crippen LogP contribution < -0.4 is 21.5 Å². The van der Waals surface area contributed by atoms with Crippen LogP contribution in [0, 0.1) is 20.8 Å². The first-order valence-corrected chi connectivity index (χ1v) is 14.2. The lowest BCUT2D eigenvalue weighted by molar-refractivity contribution is -0.131. The van der Waals surface area contributed by atoms with Crippen molar-refractivity contribution in [1.29, 1.82) is 0 Å². The molecule has 1 heterocycles. The summed E-state index contributed by atoms with van der Waals surface area (Å²) in [6, 6.07) is 15.0. The number of carboxylic acid groups (broad SMARTS) is 1. The fourth-order valence-electron chi connectivity index (χ4n) is 4.74. The number of rotatable bonds is 14. The highest BCUT2D eigenvalue weighted by Gasteiger charge is 2.22. The summed E-state index contributed by atoms with van der Waals surface area (Å²) in [5.74, 6) is -2.20. The monoisotopic (exact) mass is 602 g/mol. The molecular formula is C33H38N4O7. The number of anilines is 1. The molecule has 0 aliphatic heterocycles. The quantitative estimate of drug-likeness (QED) is 0.205. The van der Waals surface area contributed by atoms with Gasteiger partial charge in [-0.1, -0.05) is 54.1 Å². The van der Waals surface area contributed by atoms with Crippen LogP contribution in [0.25, 0.3) is 0 Å². The van der Waals surface area contributed by atoms with E-state index < -0.39 is 29.6 Å². The zero-order valence-corrected chi connectivity index (χ0v) is 25.1. The zero-order valence-electron chi connectivity index (χ0n) is 25.1. The zero-order chi connectivity index (χ0) is 32.1. The number of nitrogens with one attached hydrogen (secondary N) is 3. The smallest absolute Gasteiger partial charge is 0.408 e. The van der Waals surface area contributed by atoms with Gasteiger partial charge in [0.25, 0.3) is 5.56 Å². The fraction of sp³-hybridized carbons (Fsp3) is 0.303. The molecule has 0 bridgehead atoms. The van der Waals surface area contributed by atoms with E-state index in [0.717, 1.165) is 22.8 Å². The summed E-state index contributed by atoms with van der Waals surface area (Å²) < 4.78 is 6.40. The molecule has 3 amide bonds. The van der Waals surface area contributed by atoms with E-state index in [0.29, 0.717) is 13.0 Å². The molecule has 0 fully saturated rings. The van der Waals surface area contributed by atoms with E-state index in [-0.39, 0.29) is 37.6 Å². The number of alkyl carbamates (subject to hydrolysis) is 1. The predicted molar refractivity (Wildman–Crippen MR) is 166 cm³/mol. The highest BCUT2D eigenvalue weighted by molar-refractivity contribution is 5.96. The second kappa shape index (κ2) is 16.4. The number of amides is 3. The first-order valence-electron chi connectivity index (χ1n) is 14.2. The summed E-state index contributed by atoms with van der Waals surface area (Å²) >= 11 is 0. The number of pyridine rings is 1. The number of allylic oxidation sites excluding steroid dienone is 1. The lowest BCUT2D eigenvalue weighted by atomic mass is 9.97. The fourth-order valence-corrected chi connectivity index (χ4v) is 4.74. The van der Waals surface area contributed by atoms with Crippen LogP contribution in [0.15, 0.2) is 77.7 Å². The minimum atomic E-state index is -1.14. The van der Waals surface area contributed by atoms with Crippen LogP contribution in [0.2, 0.25) is 0 Å². The van der Waals surface area contributed by atoms with Gasteiger partial charge < -0.3 is 30.4 Å². The molecule has 0 saturated heterocycles. The molecular weight excluding hydrogens is 564 g/mol. The Morgan fingerprint density at radius 1 is 1.00 bits per heavy atom. The maximum Gasteiger partial charge on any atom is 0.408 e. The van der Waals surface area contributed by atoms with Gasteiger partial charge in [0.05, 0.1) is 0 Å². The van der Waals surface area contributed by atoms with Crippen molar-refractivity contribution < 1.29 is 29.0 Å². The molecule has 3 rings (SSSR count). The lowest BCUT2D eigenvalue weighted by Gasteiger charge is -2.18. The summed E-state index contributed by atoms with van der Waals surface area (Å²) in [5, 5.41) is 16.7. The Kier molecular flexibility index (Phi) is 12.5. The van der Waals surface area contributed by atoms with Gasteiger partial charge in [-0.2, -0.15) is 0 Å². The molecule has 1 unspecified atom stereocenters. The second-order valence-corrected chi connectivity index (χ2v) is 10.4. The molecule has 0 spiro atoms. The van der Waals surface area contributed by atoms with E-state index in [1.165, 1.54) is 40.1 Å². The van der Waals surface area contributed by atoms with Crippen molar-refractivity contribution in [3.63, 3.8) is 0 Å². The number of aliphatic carboxylic acids is 1. The summed E-state index contributed by atoms with van der Waals surface area (Å²) in [7, 11) is 0. The van der Waals surface area contributed by atoms with Crippen LogP contribution in [0.3, 0.4) is 0 Å². The van der Waals surface area contributed by atoms with Crippen LogP contribution in [-0.2, 0) is 38.7 Å². The van der Waals surface area contributed by atoms with Gasteiger partial charge in [0.1, 0.15) is 24.9 Å². The third kappa shape index (κ3) is 10.6. The van der Waals surface area contributed by atoms with Crippen molar-refractivity contribution in [2.24, 2.45) is 0 Å². The third-order valence-corrected chi connectivity index (χ3v) is 6.83. The lowest BCUT2D eigenvalue weighted by Crippen LogP contribution is -2.44. The van der Waals surface area contributed by atoms with E-state index in [2.05, 4.69) is 28.1 Å². The molecule has 1 aromatic heterocycles. The number of carboxylic acids is 1. The number of aryl methyl sites for hydroxylation is 3. The van der Waals surface area contributed by atoms with E-state index in [9.17, 15) is 24.0 Å². The van der Waals surface area contributed by atoms with Crippen molar-refractivity contribution >= 4 is 29.6 Å². The van der Waals surface area contributed by atoms with Crippen molar-refractivity contribution in [3.8, 4) is 0 Å². The molecule has 4 N–H and O–H groups in total. The van der Waals surface area contributed by atoms with Gasteiger partial charge in [-0.25, -0.2) is 9.59 Å². The predicted octanol–water partition coefficient (Wildman–Crippen LogP) is 3.79. The molecule has 0 aliphatic carbocycles. The van der Waals surface area contributed by atoms with Crippen LogP contribution >= 0.6 is 0 Å². The number of benzene rings is 2. The Labute approximate surface area is 255 Å². The Bertz CT molecular complexity index is 1540. The molecule has 11 nitrogen and oxygen atoms in total. The van der Waals surface area contributed by atoms with Gasteiger partial charge in [-0.15, -0.1) is 0 Å². The number of carbonyl (C=O) groups is 4. The molecule has 232 valence electrons. The summed E-state index contributed by atoms with van der Waals surface area (Å²) in [4.78, 5) is 62.1. The van der Waals surface area contributed by atoms with Gasteiger partial charge >= 0.3 is 12.1 Å². The van der Waals surface area contributed by atoms with E-state index in [4.69, 9.17) is 9.84 Å². The van der Waals surface area contributed by atoms with Crippen molar-refractivity contribution in [1.82, 2.24) is 15.2 Å². The van der Waals surface area contributed by atoms with Gasteiger partial charge in [0.15, 0.2) is 0 Å². The minimum Gasteiger partial charge on any atom is -0.478 e. The van der Waals surface area contributed by atoms with Crippen molar-refractivity contribution in [3.05, 3.63) is 111 Å². The molecule has 3 aromatic rings. The second-order valence-electron chi connectivity index (χ2n) is 10.4. The van der Waals surface area contributed by atoms with E-state index in [1.54, 1.807) is 24.3 Å². The first kappa shape index (κ1) is 33.3. The van der Waals surface area contributed by atoms with Crippen LogP contribution in [0.4, 0.5) is 10.5 Å². The summed E-state index contributed by atoms with van der Waals surface area (Å²) in [6.07, 6.45) is 3.73. The van der Waals surface area contributed by atoms with Gasteiger partial charge in [0.2, 0.25) is 11.8 Å². The molecule has 0 radical (unpaired) electrons. The van der Waals surface area contributed by atoms with Crippen LogP contribution in [0.5, 0.6) is 0 Å². The number of nitrogens with zero attached hydrogens (tertiary/aromatic N) is 1. The molecule has 0 saturated carbocycles. The topological polar surface area (TPSA) is 156 Å². The van der Waals surface area contributed by atoms with Gasteiger partial charge in [-0.05, 0) is 74.4 Å². The number of carbonyl (C=O) groups excluding carboxylic acids is 3. The largest absolute Gasteiger partial charge is 0.478 e. The first-order chi connectivity index (χ1) is 21.0. The van der Waals surface area contributed by atoms with Crippen molar-refractivity contribution in [2.75, 3.05) is 11.9 Å². The maximum atomic E-state index is 13.1. The molecule has 44 heavy (non-hydrogen) atoms. The number of hydrogen-bond donors (Lipinski definition) is 4. The van der Waals surface area contributed by atoms with Crippen LogP contribution in [-0.4, -0.2) is 46.1 Å². The van der Waals surface area contributed by atoms with Crippen molar-refractivity contribution in [2.45, 2.75) is 59.2 Å². The van der Waals surface area contributed by atoms with E-state index in [1.807, 2.05) is 26.8 Å². The molecule has 1 atom stereocenters. The Morgan fingerprint density at radius 2 is 1.70 bits per heavy atom. The summed E-state index contributed by atoms with van der Waals surface area (Å²) in [6.45, 7) is 6.25. The molecule has 0 aliphatic rings. The number of ether oxygens (including phenoxy) is 1. The third-order valence-electron chi connectivity index (χ3n) is 6.83. The molecule has 11 heteroatoms. The Balaban J connectivity index is 1.62. The summed E-state index contributed by atoms with van der Waals surface area (Å²) in [5.41, 5.74) is 4.74. The highest BCUT2D eigenvalue weighted by atomic mass is 16.5. The van der Waals surface area contributed by atoms with E-state index >= 15 is 0 Å². The molecule has 2 aromatic carbocycles. The Morgan fingerprint density at radius 3 is 2.39 bits per heavy atom. The number of hydrogen-bond acceptors (Lipinski definition) is 6. The average Bonchev–Trinajstić information content (AvgIpc) is 2.97. The van der Waals surface area contributed by atoms with Crippen LogP contribution in [0.1, 0.15) is 40.7 Å². The SMILES string of the molecule is Cc1cc(C)c(CCNC(=O)Cn2cccc(NC(=O)C(CC/C=C/C(=O)O)NC(=O)OCc3ccccc3)c2=O)c(C)c1. The Hall–Kier alpha value is -5.19. The minimum absolute atomic E-state index is 0.0182. The number of aromatic nitrogens is 1. The highest BCUT2D eigenvalue weighted by Crippen LogP contribution is 2.16.